The average molecular weight is 400 g/mol. The van der Waals surface area contributed by atoms with Crippen LogP contribution in [0.1, 0.15) is 88.8 Å². The van der Waals surface area contributed by atoms with Crippen molar-refractivity contribution in [3.63, 3.8) is 0 Å². The van der Waals surface area contributed by atoms with Crippen molar-refractivity contribution in [2.24, 2.45) is 0 Å². The van der Waals surface area contributed by atoms with Crippen molar-refractivity contribution in [2.45, 2.75) is 84.0 Å². The number of hydrogen-bond donors (Lipinski definition) is 0. The Morgan fingerprint density at radius 2 is 1.70 bits per heavy atom. The van der Waals surface area contributed by atoms with Gasteiger partial charge in [0.15, 0.2) is 5.43 Å². The van der Waals surface area contributed by atoms with Gasteiger partial charge in [0, 0.05) is 39.2 Å². The van der Waals surface area contributed by atoms with Crippen molar-refractivity contribution in [3.8, 4) is 0 Å². The van der Waals surface area contributed by atoms with Crippen LogP contribution in [0.15, 0.2) is 35.8 Å². The number of benzene rings is 1. The molecule has 2 aliphatic rings. The molecule has 156 valence electrons. The summed E-state index contributed by atoms with van der Waals surface area (Å²) in [6, 6.07) is 6.75. The Morgan fingerprint density at radius 3 is 2.33 bits per heavy atom. The summed E-state index contributed by atoms with van der Waals surface area (Å²) in [5, 5.41) is 2.42. The molecule has 0 bridgehead atoms. The summed E-state index contributed by atoms with van der Waals surface area (Å²) >= 11 is 0. The molecule has 0 amide bonds. The van der Waals surface area contributed by atoms with Crippen LogP contribution in [0.25, 0.3) is 21.9 Å². The number of fused-ring (bicyclic) bond motifs is 2. The minimum absolute atomic E-state index is 0.0464. The highest BCUT2D eigenvalue weighted by Gasteiger charge is 2.49. The average Bonchev–Trinajstić information content (AvgIpc) is 2.87. The summed E-state index contributed by atoms with van der Waals surface area (Å²) in [4.78, 5) is 14.4. The van der Waals surface area contributed by atoms with Gasteiger partial charge in [0.2, 0.25) is 0 Å². The summed E-state index contributed by atoms with van der Waals surface area (Å²) in [6.07, 6.45) is 4.98. The number of aromatic nitrogens is 1. The van der Waals surface area contributed by atoms with Crippen LogP contribution in [0.2, 0.25) is 0 Å². The molecule has 1 aromatic carbocycles. The van der Waals surface area contributed by atoms with Gasteiger partial charge in [0.05, 0.1) is 5.52 Å². The Kier molecular flexibility index (Phi) is 3.70. The summed E-state index contributed by atoms with van der Waals surface area (Å²) in [7, 11) is 0. The number of aryl methyl sites for hydroxylation is 1. The Labute approximate surface area is 179 Å². The second-order valence-corrected chi connectivity index (χ2v) is 11.0. The molecule has 3 aromatic rings. The largest absolute Gasteiger partial charge is 0.319 e. The summed E-state index contributed by atoms with van der Waals surface area (Å²) in [6.45, 7) is 20.3. The summed E-state index contributed by atoms with van der Waals surface area (Å²) in [5.74, 6) is 0. The lowest BCUT2D eigenvalue weighted by Crippen LogP contribution is -2.39. The molecule has 0 saturated heterocycles. The van der Waals surface area contributed by atoms with E-state index in [2.05, 4.69) is 83.8 Å². The van der Waals surface area contributed by atoms with E-state index in [1.165, 1.54) is 27.6 Å². The molecule has 2 heteroatoms. The molecule has 0 fully saturated rings. The number of rotatable bonds is 2. The molecular weight excluding hydrogens is 366 g/mol. The molecule has 2 nitrogen and oxygen atoms in total. The molecule has 0 aliphatic heterocycles. The van der Waals surface area contributed by atoms with Gasteiger partial charge in [-0.25, -0.2) is 0 Å². The molecule has 2 aliphatic carbocycles. The SMILES string of the molecule is C=C1c2cc(C)cc3ccn4c5c(c(=O)c(c4c23)C1(CC)CC)C(C)(C)CC5(C)C. The first-order chi connectivity index (χ1) is 14.0. The first kappa shape index (κ1) is 19.6. The van der Waals surface area contributed by atoms with E-state index in [1.54, 1.807) is 0 Å². The van der Waals surface area contributed by atoms with E-state index in [0.717, 1.165) is 41.5 Å². The first-order valence-electron chi connectivity index (χ1n) is 11.4. The third kappa shape index (κ3) is 2.08. The van der Waals surface area contributed by atoms with Crippen molar-refractivity contribution in [2.75, 3.05) is 0 Å². The maximum atomic E-state index is 14.4. The monoisotopic (exact) mass is 399 g/mol. The number of hydrogen-bond acceptors (Lipinski definition) is 1. The van der Waals surface area contributed by atoms with Crippen LogP contribution < -0.4 is 5.43 Å². The van der Waals surface area contributed by atoms with E-state index in [1.807, 2.05) is 0 Å². The highest BCUT2D eigenvalue weighted by Crippen LogP contribution is 2.54. The third-order valence-corrected chi connectivity index (χ3v) is 8.15. The van der Waals surface area contributed by atoms with Crippen molar-refractivity contribution in [3.05, 3.63) is 69.1 Å². The summed E-state index contributed by atoms with van der Waals surface area (Å²) < 4.78 is 2.38. The van der Waals surface area contributed by atoms with Crippen molar-refractivity contribution < 1.29 is 0 Å². The van der Waals surface area contributed by atoms with Gasteiger partial charge in [-0.1, -0.05) is 60.3 Å². The zero-order valence-corrected chi connectivity index (χ0v) is 19.5. The molecule has 2 aromatic heterocycles. The third-order valence-electron chi connectivity index (χ3n) is 8.15. The quantitative estimate of drug-likeness (QED) is 0.434. The van der Waals surface area contributed by atoms with Gasteiger partial charge in [-0.15, -0.1) is 0 Å². The lowest BCUT2D eigenvalue weighted by Gasteiger charge is -2.40. The molecule has 0 atom stereocenters. The molecule has 0 saturated carbocycles. The van der Waals surface area contributed by atoms with Crippen molar-refractivity contribution in [1.29, 1.82) is 0 Å². The molecule has 0 unspecified atom stereocenters. The smallest absolute Gasteiger partial charge is 0.190 e. The fraction of sp³-hybridized carbons (Fsp3) is 0.464. The minimum Gasteiger partial charge on any atom is -0.319 e. The molecule has 0 N–H and O–H groups in total. The van der Waals surface area contributed by atoms with Gasteiger partial charge in [0.1, 0.15) is 0 Å². The van der Waals surface area contributed by atoms with E-state index in [9.17, 15) is 4.79 Å². The normalized spacial score (nSPS) is 20.3. The van der Waals surface area contributed by atoms with Gasteiger partial charge in [-0.2, -0.15) is 0 Å². The van der Waals surface area contributed by atoms with E-state index in [0.29, 0.717) is 0 Å². The maximum absolute atomic E-state index is 14.4. The predicted octanol–water partition coefficient (Wildman–Crippen LogP) is 6.80. The Balaban J connectivity index is 2.17. The number of allylic oxidation sites excluding steroid dienone is 1. The molecule has 0 radical (unpaired) electrons. The lowest BCUT2D eigenvalue weighted by atomic mass is 9.63. The number of pyridine rings is 2. The standard InChI is InChI=1S/C28H33NO/c1-9-28(10-2)17(4)19-14-16(3)13-18-11-12-29-23(20(18)19)21(28)24(30)22-25(29)27(7,8)15-26(22,5)6/h11-14H,4,9-10,15H2,1-3,5-8H3. The Hall–Kier alpha value is -2.35. The molecule has 5 rings (SSSR count). The predicted molar refractivity (Wildman–Crippen MR) is 128 cm³/mol. The van der Waals surface area contributed by atoms with Gasteiger partial charge < -0.3 is 4.40 Å². The molecule has 0 spiro atoms. The molecule has 30 heavy (non-hydrogen) atoms. The highest BCUT2D eigenvalue weighted by molar-refractivity contribution is 6.10. The van der Waals surface area contributed by atoms with Crippen LogP contribution in [0.3, 0.4) is 0 Å². The van der Waals surface area contributed by atoms with E-state index in [-0.39, 0.29) is 21.7 Å². The van der Waals surface area contributed by atoms with Crippen LogP contribution >= 0.6 is 0 Å². The summed E-state index contributed by atoms with van der Waals surface area (Å²) in [5.41, 5.74) is 7.73. The van der Waals surface area contributed by atoms with Crippen molar-refractivity contribution in [1.82, 2.24) is 4.40 Å². The fourth-order valence-electron chi connectivity index (χ4n) is 7.14. The maximum Gasteiger partial charge on any atom is 0.190 e. The van der Waals surface area contributed by atoms with Gasteiger partial charge >= 0.3 is 0 Å². The topological polar surface area (TPSA) is 21.5 Å². The van der Waals surface area contributed by atoms with Crippen molar-refractivity contribution >= 4 is 21.9 Å². The fourth-order valence-corrected chi connectivity index (χ4v) is 7.14. The van der Waals surface area contributed by atoms with Gasteiger partial charge in [-0.3, -0.25) is 4.79 Å². The van der Waals surface area contributed by atoms with E-state index in [4.69, 9.17) is 0 Å². The van der Waals surface area contributed by atoms with Gasteiger partial charge in [0.25, 0.3) is 0 Å². The minimum atomic E-state index is -0.310. The second-order valence-electron chi connectivity index (χ2n) is 11.0. The van der Waals surface area contributed by atoms with E-state index >= 15 is 0 Å². The Bertz CT molecular complexity index is 1330. The van der Waals surface area contributed by atoms with Gasteiger partial charge in [-0.05, 0) is 59.8 Å². The lowest BCUT2D eigenvalue weighted by molar-refractivity contribution is 0.397. The number of nitrogens with zero attached hydrogens (tertiary/aromatic N) is 1. The first-order valence-corrected chi connectivity index (χ1v) is 11.4. The Morgan fingerprint density at radius 1 is 1.03 bits per heavy atom. The zero-order valence-electron chi connectivity index (χ0n) is 19.5. The van der Waals surface area contributed by atoms with Crippen LogP contribution in [-0.4, -0.2) is 4.40 Å². The zero-order chi connectivity index (χ0) is 21.8. The van der Waals surface area contributed by atoms with Crippen LogP contribution in [-0.2, 0) is 16.2 Å². The van der Waals surface area contributed by atoms with E-state index < -0.39 is 0 Å². The molecular formula is C28H33NO. The molecule has 2 heterocycles. The van der Waals surface area contributed by atoms with Crippen LogP contribution in [0.5, 0.6) is 0 Å². The highest BCUT2D eigenvalue weighted by atomic mass is 16.1. The van der Waals surface area contributed by atoms with Crippen LogP contribution in [0.4, 0.5) is 0 Å². The van der Waals surface area contributed by atoms with Crippen LogP contribution in [0, 0.1) is 6.92 Å². The second kappa shape index (κ2) is 5.66.